The van der Waals surface area contributed by atoms with Gasteiger partial charge in [0.1, 0.15) is 5.82 Å². The third-order valence-electron chi connectivity index (χ3n) is 2.81. The summed E-state index contributed by atoms with van der Waals surface area (Å²) in [4.78, 5) is 2.22. The fraction of sp³-hybridized carbons (Fsp3) is 0.571. The van der Waals surface area contributed by atoms with Crippen LogP contribution in [0, 0.1) is 5.82 Å². The van der Waals surface area contributed by atoms with E-state index in [1.54, 1.807) is 6.07 Å². The van der Waals surface area contributed by atoms with Crippen LogP contribution in [-0.4, -0.2) is 13.1 Å². The smallest absolute Gasteiger partial charge is 0.130 e. The molecule has 0 saturated carbocycles. The number of halogens is 1. The van der Waals surface area contributed by atoms with Crippen LogP contribution in [0.25, 0.3) is 0 Å². The van der Waals surface area contributed by atoms with E-state index in [0.717, 1.165) is 31.6 Å². The Bertz CT molecular complexity index is 344. The largest absolute Gasteiger partial charge is 0.371 e. The molecule has 96 valence electrons. The molecule has 0 saturated heterocycles. The minimum absolute atomic E-state index is 0.199. The van der Waals surface area contributed by atoms with Gasteiger partial charge in [-0.3, -0.25) is 0 Å². The van der Waals surface area contributed by atoms with E-state index in [4.69, 9.17) is 5.73 Å². The van der Waals surface area contributed by atoms with Gasteiger partial charge < -0.3 is 10.6 Å². The molecule has 0 bridgehead atoms. The highest BCUT2D eigenvalue weighted by Crippen LogP contribution is 2.28. The first-order chi connectivity index (χ1) is 8.11. The van der Waals surface area contributed by atoms with Crippen molar-refractivity contribution >= 4 is 5.69 Å². The number of nitrogens with two attached hydrogens (primary N) is 1. The summed E-state index contributed by atoms with van der Waals surface area (Å²) in [6, 6.07) is 4.93. The van der Waals surface area contributed by atoms with Crippen molar-refractivity contribution in [1.82, 2.24) is 0 Å². The van der Waals surface area contributed by atoms with Crippen molar-refractivity contribution in [3.05, 3.63) is 29.6 Å². The first-order valence-electron chi connectivity index (χ1n) is 6.40. The molecule has 0 aromatic heterocycles. The molecule has 0 aliphatic rings. The van der Waals surface area contributed by atoms with Crippen molar-refractivity contribution in [2.75, 3.05) is 18.0 Å². The molecule has 1 aromatic carbocycles. The second-order valence-electron chi connectivity index (χ2n) is 4.45. The average Bonchev–Trinajstić information content (AvgIpc) is 2.28. The Kier molecular flexibility index (Phi) is 5.42. The van der Waals surface area contributed by atoms with Crippen LogP contribution >= 0.6 is 0 Å². The van der Waals surface area contributed by atoms with Gasteiger partial charge in [-0.15, -0.1) is 0 Å². The van der Waals surface area contributed by atoms with E-state index in [1.807, 2.05) is 13.0 Å². The maximum atomic E-state index is 13.8. The molecule has 0 fully saturated rings. The maximum Gasteiger partial charge on any atom is 0.130 e. The topological polar surface area (TPSA) is 29.3 Å². The summed E-state index contributed by atoms with van der Waals surface area (Å²) in [5.74, 6) is -0.199. The molecule has 0 radical (unpaired) electrons. The van der Waals surface area contributed by atoms with Gasteiger partial charge in [0.15, 0.2) is 0 Å². The molecule has 3 heteroatoms. The quantitative estimate of drug-likeness (QED) is 0.822. The van der Waals surface area contributed by atoms with Gasteiger partial charge >= 0.3 is 0 Å². The highest BCUT2D eigenvalue weighted by atomic mass is 19.1. The molecule has 0 aliphatic heterocycles. The summed E-state index contributed by atoms with van der Waals surface area (Å²) >= 11 is 0. The zero-order valence-corrected chi connectivity index (χ0v) is 11.0. The minimum Gasteiger partial charge on any atom is -0.371 e. The monoisotopic (exact) mass is 238 g/mol. The van der Waals surface area contributed by atoms with Gasteiger partial charge in [-0.2, -0.15) is 0 Å². The summed E-state index contributed by atoms with van der Waals surface area (Å²) in [6.07, 6.45) is 2.10. The number of hydrogen-bond donors (Lipinski definition) is 1. The van der Waals surface area contributed by atoms with Gasteiger partial charge in [0.25, 0.3) is 0 Å². The van der Waals surface area contributed by atoms with Gasteiger partial charge in [-0.1, -0.05) is 19.9 Å². The van der Waals surface area contributed by atoms with Gasteiger partial charge in [0, 0.05) is 30.4 Å². The summed E-state index contributed by atoms with van der Waals surface area (Å²) in [6.45, 7) is 7.98. The maximum absolute atomic E-state index is 13.8. The van der Waals surface area contributed by atoms with E-state index in [-0.39, 0.29) is 11.9 Å². The molecule has 0 aliphatic carbocycles. The number of hydrogen-bond acceptors (Lipinski definition) is 2. The van der Waals surface area contributed by atoms with Gasteiger partial charge in [0.05, 0.1) is 0 Å². The van der Waals surface area contributed by atoms with Crippen molar-refractivity contribution in [2.24, 2.45) is 5.73 Å². The van der Waals surface area contributed by atoms with Crippen molar-refractivity contribution in [3.8, 4) is 0 Å². The molecule has 2 N–H and O–H groups in total. The summed E-state index contributed by atoms with van der Waals surface area (Å²) < 4.78 is 13.8. The Balaban J connectivity index is 3.12. The van der Waals surface area contributed by atoms with Crippen LogP contribution < -0.4 is 10.6 Å². The van der Waals surface area contributed by atoms with Crippen LogP contribution in [0.1, 0.15) is 45.2 Å². The van der Waals surface area contributed by atoms with Crippen LogP contribution in [-0.2, 0) is 0 Å². The zero-order valence-electron chi connectivity index (χ0n) is 11.0. The molecule has 0 unspecified atom stereocenters. The fourth-order valence-electron chi connectivity index (χ4n) is 2.14. The summed E-state index contributed by atoms with van der Waals surface area (Å²) in [5.41, 5.74) is 7.46. The molecular weight excluding hydrogens is 215 g/mol. The predicted octanol–water partition coefficient (Wildman–Crippen LogP) is 3.47. The number of benzene rings is 1. The van der Waals surface area contributed by atoms with E-state index in [1.165, 1.54) is 6.07 Å². The minimum atomic E-state index is -0.276. The third kappa shape index (κ3) is 3.43. The second-order valence-corrected chi connectivity index (χ2v) is 4.45. The van der Waals surface area contributed by atoms with E-state index in [0.29, 0.717) is 5.56 Å². The number of anilines is 1. The number of rotatable bonds is 6. The molecule has 1 rings (SSSR count). The van der Waals surface area contributed by atoms with Crippen molar-refractivity contribution in [2.45, 2.75) is 39.7 Å². The standard InChI is InChI=1S/C14H23FN2/c1-4-9-17(10-5-2)13-8-6-7-12(15)14(13)11(3)16/h6-8,11H,4-5,9-10,16H2,1-3H3/t11-/m1/s1. The SMILES string of the molecule is CCCN(CCC)c1cccc(F)c1[C@@H](C)N. The molecule has 0 amide bonds. The van der Waals surface area contributed by atoms with Gasteiger partial charge in [0.2, 0.25) is 0 Å². The van der Waals surface area contributed by atoms with E-state index in [9.17, 15) is 4.39 Å². The lowest BCUT2D eigenvalue weighted by Gasteiger charge is -2.27. The van der Waals surface area contributed by atoms with E-state index < -0.39 is 0 Å². The summed E-state index contributed by atoms with van der Waals surface area (Å²) in [5, 5.41) is 0. The Labute approximate surface area is 104 Å². The lowest BCUT2D eigenvalue weighted by molar-refractivity contribution is 0.590. The van der Waals surface area contributed by atoms with Gasteiger partial charge in [-0.05, 0) is 31.9 Å². The van der Waals surface area contributed by atoms with Crippen LogP contribution in [0.3, 0.4) is 0 Å². The van der Waals surface area contributed by atoms with Crippen molar-refractivity contribution in [1.29, 1.82) is 0 Å². The second kappa shape index (κ2) is 6.60. The fourth-order valence-corrected chi connectivity index (χ4v) is 2.14. The van der Waals surface area contributed by atoms with Crippen molar-refractivity contribution in [3.63, 3.8) is 0 Å². The highest BCUT2D eigenvalue weighted by Gasteiger charge is 2.16. The van der Waals surface area contributed by atoms with Crippen LogP contribution in [0.5, 0.6) is 0 Å². The van der Waals surface area contributed by atoms with Crippen molar-refractivity contribution < 1.29 is 4.39 Å². The zero-order chi connectivity index (χ0) is 12.8. The molecule has 0 heterocycles. The Morgan fingerprint density at radius 1 is 1.24 bits per heavy atom. The highest BCUT2D eigenvalue weighted by molar-refractivity contribution is 5.55. The molecule has 1 aromatic rings. The molecule has 0 spiro atoms. The first-order valence-corrected chi connectivity index (χ1v) is 6.40. The third-order valence-corrected chi connectivity index (χ3v) is 2.81. The molecule has 1 atom stereocenters. The predicted molar refractivity (Wildman–Crippen MR) is 71.8 cm³/mol. The molecule has 17 heavy (non-hydrogen) atoms. The normalized spacial score (nSPS) is 12.5. The van der Waals surface area contributed by atoms with Crippen LogP contribution in [0.2, 0.25) is 0 Å². The van der Waals surface area contributed by atoms with Crippen LogP contribution in [0.15, 0.2) is 18.2 Å². The lowest BCUT2D eigenvalue weighted by atomic mass is 10.0. The van der Waals surface area contributed by atoms with E-state index in [2.05, 4.69) is 18.7 Å². The Morgan fingerprint density at radius 2 is 1.82 bits per heavy atom. The Morgan fingerprint density at radius 3 is 2.29 bits per heavy atom. The van der Waals surface area contributed by atoms with E-state index >= 15 is 0 Å². The van der Waals surface area contributed by atoms with Crippen LogP contribution in [0.4, 0.5) is 10.1 Å². The Hall–Kier alpha value is -1.09. The lowest BCUT2D eigenvalue weighted by Crippen LogP contribution is -2.27. The molecule has 2 nitrogen and oxygen atoms in total. The number of nitrogens with zero attached hydrogens (tertiary/aromatic N) is 1. The average molecular weight is 238 g/mol. The summed E-state index contributed by atoms with van der Waals surface area (Å²) in [7, 11) is 0. The van der Waals surface area contributed by atoms with Gasteiger partial charge in [-0.25, -0.2) is 4.39 Å². The first kappa shape index (κ1) is 14.0. The molecular formula is C14H23FN2.